The number of guanidine groups is 1. The Bertz CT molecular complexity index is 826. The van der Waals surface area contributed by atoms with Gasteiger partial charge in [-0.1, -0.05) is 18.2 Å². The highest BCUT2D eigenvalue weighted by Gasteiger charge is 2.29. The molecule has 29 heavy (non-hydrogen) atoms. The number of hydrogen-bond acceptors (Lipinski definition) is 3. The fraction of sp³-hybridized carbons (Fsp3) is 0.350. The van der Waals surface area contributed by atoms with Crippen molar-refractivity contribution in [2.75, 3.05) is 20.3 Å². The van der Waals surface area contributed by atoms with Crippen LogP contribution in [0.4, 0.5) is 17.6 Å². The zero-order valence-electron chi connectivity index (χ0n) is 16.1. The lowest BCUT2D eigenvalue weighted by Gasteiger charge is -2.15. The van der Waals surface area contributed by atoms with Crippen LogP contribution in [0.2, 0.25) is 0 Å². The van der Waals surface area contributed by atoms with Gasteiger partial charge in [-0.15, -0.1) is 0 Å². The average Bonchev–Trinajstić information content (AvgIpc) is 2.68. The summed E-state index contributed by atoms with van der Waals surface area (Å²) in [5.41, 5.74) is 1.49. The molecule has 0 saturated carbocycles. The van der Waals surface area contributed by atoms with Crippen LogP contribution < -0.4 is 20.1 Å². The van der Waals surface area contributed by atoms with E-state index in [1.807, 2.05) is 6.92 Å². The van der Waals surface area contributed by atoms with Crippen molar-refractivity contribution in [1.82, 2.24) is 10.6 Å². The molecule has 5 nitrogen and oxygen atoms in total. The Morgan fingerprint density at radius 3 is 2.48 bits per heavy atom. The summed E-state index contributed by atoms with van der Waals surface area (Å²) in [6.45, 7) is 1.79. The number of nitrogens with one attached hydrogen (secondary N) is 2. The number of benzene rings is 2. The lowest BCUT2D eigenvalue weighted by Crippen LogP contribution is -2.36. The molecule has 2 aromatic rings. The second-order valence-corrected chi connectivity index (χ2v) is 6.07. The molecular weight excluding hydrogens is 390 g/mol. The molecule has 0 atom stereocenters. The molecule has 0 heterocycles. The first-order chi connectivity index (χ1) is 13.8. The molecule has 0 fully saturated rings. The fourth-order valence-corrected chi connectivity index (χ4v) is 2.43. The molecule has 0 aliphatic rings. The van der Waals surface area contributed by atoms with Crippen LogP contribution in [0.15, 0.2) is 47.5 Å². The van der Waals surface area contributed by atoms with Gasteiger partial charge in [-0.2, -0.15) is 13.2 Å². The summed E-state index contributed by atoms with van der Waals surface area (Å²) in [6.07, 6.45) is -4.43. The lowest BCUT2D eigenvalue weighted by atomic mass is 10.2. The number of ether oxygens (including phenoxy) is 2. The summed E-state index contributed by atoms with van der Waals surface area (Å²) >= 11 is 0. The van der Waals surface area contributed by atoms with Crippen molar-refractivity contribution in [2.24, 2.45) is 4.99 Å². The quantitative estimate of drug-likeness (QED) is 0.390. The largest absolute Gasteiger partial charge is 0.493 e. The summed E-state index contributed by atoms with van der Waals surface area (Å²) in [7, 11) is 1.36. The molecule has 0 saturated heterocycles. The minimum atomic E-state index is -4.43. The number of halogens is 4. The molecule has 0 unspecified atom stereocenters. The van der Waals surface area contributed by atoms with E-state index in [-0.39, 0.29) is 17.3 Å². The van der Waals surface area contributed by atoms with E-state index >= 15 is 0 Å². The first-order valence-electron chi connectivity index (χ1n) is 8.94. The fourth-order valence-electron chi connectivity index (χ4n) is 2.43. The van der Waals surface area contributed by atoms with Crippen LogP contribution in [-0.2, 0) is 13.1 Å². The van der Waals surface area contributed by atoms with Gasteiger partial charge in [0.15, 0.2) is 24.1 Å². The smallest absolute Gasteiger partial charge is 0.422 e. The summed E-state index contributed by atoms with van der Waals surface area (Å²) in [4.78, 5) is 4.40. The third kappa shape index (κ3) is 7.89. The predicted octanol–water partition coefficient (Wildman–Crippen LogP) is 4.03. The van der Waals surface area contributed by atoms with E-state index < -0.39 is 12.8 Å². The summed E-state index contributed by atoms with van der Waals surface area (Å²) in [5, 5.41) is 6.20. The van der Waals surface area contributed by atoms with Crippen LogP contribution in [0.1, 0.15) is 18.1 Å². The normalized spacial score (nSPS) is 11.9. The Hall–Kier alpha value is -2.97. The SMILES string of the molecule is CCNC(=NCc1cccc(F)c1)NCc1ccc(OCC(F)(F)F)c(OC)c1. The number of aliphatic imine (C=N–C) groups is 1. The van der Waals surface area contributed by atoms with Gasteiger partial charge in [0.1, 0.15) is 5.82 Å². The molecule has 9 heteroatoms. The summed E-state index contributed by atoms with van der Waals surface area (Å²) in [5.74, 6) is 0.416. The van der Waals surface area contributed by atoms with E-state index in [4.69, 9.17) is 9.47 Å². The van der Waals surface area contributed by atoms with Gasteiger partial charge in [-0.3, -0.25) is 0 Å². The number of hydrogen-bond donors (Lipinski definition) is 2. The molecule has 0 aromatic heterocycles. The molecule has 0 radical (unpaired) electrons. The van der Waals surface area contributed by atoms with Crippen LogP contribution in [0.25, 0.3) is 0 Å². The topological polar surface area (TPSA) is 54.9 Å². The maximum Gasteiger partial charge on any atom is 0.422 e. The highest BCUT2D eigenvalue weighted by atomic mass is 19.4. The van der Waals surface area contributed by atoms with Crippen LogP contribution in [-0.4, -0.2) is 32.4 Å². The lowest BCUT2D eigenvalue weighted by molar-refractivity contribution is -0.153. The van der Waals surface area contributed by atoms with Crippen LogP contribution in [0.5, 0.6) is 11.5 Å². The Labute approximate surface area is 166 Å². The third-order valence-corrected chi connectivity index (χ3v) is 3.73. The highest BCUT2D eigenvalue weighted by Crippen LogP contribution is 2.29. The van der Waals surface area contributed by atoms with Crippen LogP contribution >= 0.6 is 0 Å². The van der Waals surface area contributed by atoms with E-state index in [2.05, 4.69) is 15.6 Å². The Morgan fingerprint density at radius 2 is 1.83 bits per heavy atom. The molecule has 2 rings (SSSR count). The summed E-state index contributed by atoms with van der Waals surface area (Å²) in [6, 6.07) is 10.8. The van der Waals surface area contributed by atoms with Gasteiger partial charge in [0.05, 0.1) is 13.7 Å². The van der Waals surface area contributed by atoms with Gasteiger partial charge >= 0.3 is 6.18 Å². The molecule has 2 aromatic carbocycles. The molecule has 0 aliphatic carbocycles. The Balaban J connectivity index is 2.02. The van der Waals surface area contributed by atoms with Crippen molar-refractivity contribution in [2.45, 2.75) is 26.2 Å². The molecule has 2 N–H and O–H groups in total. The highest BCUT2D eigenvalue weighted by molar-refractivity contribution is 5.79. The zero-order valence-corrected chi connectivity index (χ0v) is 16.1. The van der Waals surface area contributed by atoms with Gasteiger partial charge < -0.3 is 20.1 Å². The van der Waals surface area contributed by atoms with Crippen molar-refractivity contribution in [3.63, 3.8) is 0 Å². The van der Waals surface area contributed by atoms with Gasteiger partial charge in [0.2, 0.25) is 0 Å². The standard InChI is InChI=1S/C20H23F4N3O2/c1-3-25-19(26-11-14-5-4-6-16(21)9-14)27-12-15-7-8-17(18(10-15)28-2)29-13-20(22,23)24/h4-10H,3,11-13H2,1-2H3,(H2,25,26,27). The zero-order chi connectivity index (χ0) is 21.3. The van der Waals surface area contributed by atoms with E-state index in [0.717, 1.165) is 11.1 Å². The van der Waals surface area contributed by atoms with Gasteiger partial charge in [0.25, 0.3) is 0 Å². The average molecular weight is 413 g/mol. The molecule has 158 valence electrons. The number of nitrogens with zero attached hydrogens (tertiary/aromatic N) is 1. The first-order valence-corrected chi connectivity index (χ1v) is 8.94. The van der Waals surface area contributed by atoms with E-state index in [1.54, 1.807) is 24.3 Å². The third-order valence-electron chi connectivity index (χ3n) is 3.73. The van der Waals surface area contributed by atoms with Gasteiger partial charge in [-0.25, -0.2) is 9.38 Å². The maximum atomic E-state index is 13.3. The maximum absolute atomic E-state index is 13.3. The number of methoxy groups -OCH3 is 1. The van der Waals surface area contributed by atoms with E-state index in [1.165, 1.54) is 25.3 Å². The summed E-state index contributed by atoms with van der Waals surface area (Å²) < 4.78 is 60.2. The van der Waals surface area contributed by atoms with E-state index in [9.17, 15) is 17.6 Å². The van der Waals surface area contributed by atoms with Crippen molar-refractivity contribution < 1.29 is 27.0 Å². The first kappa shape index (κ1) is 22.3. The minimum Gasteiger partial charge on any atom is -0.493 e. The van der Waals surface area contributed by atoms with Crippen molar-refractivity contribution in [1.29, 1.82) is 0 Å². The Kier molecular flexibility index (Phi) is 8.11. The minimum absolute atomic E-state index is 0.0141. The van der Waals surface area contributed by atoms with Crippen molar-refractivity contribution in [3.8, 4) is 11.5 Å². The van der Waals surface area contributed by atoms with Gasteiger partial charge in [-0.05, 0) is 42.3 Å². The Morgan fingerprint density at radius 1 is 1.03 bits per heavy atom. The van der Waals surface area contributed by atoms with Gasteiger partial charge in [0, 0.05) is 13.1 Å². The van der Waals surface area contributed by atoms with Crippen LogP contribution in [0.3, 0.4) is 0 Å². The molecule has 0 aliphatic heterocycles. The number of alkyl halides is 3. The monoisotopic (exact) mass is 413 g/mol. The molecular formula is C20H23F4N3O2. The second-order valence-electron chi connectivity index (χ2n) is 6.07. The van der Waals surface area contributed by atoms with E-state index in [0.29, 0.717) is 25.6 Å². The van der Waals surface area contributed by atoms with Crippen molar-refractivity contribution in [3.05, 3.63) is 59.4 Å². The molecule has 0 bridgehead atoms. The number of rotatable bonds is 8. The van der Waals surface area contributed by atoms with Crippen LogP contribution in [0, 0.1) is 5.82 Å². The molecule has 0 amide bonds. The second kappa shape index (κ2) is 10.5. The molecule has 0 spiro atoms. The predicted molar refractivity (Wildman–Crippen MR) is 103 cm³/mol. The van der Waals surface area contributed by atoms with Crippen molar-refractivity contribution >= 4 is 5.96 Å².